The molecule has 0 aliphatic heterocycles. The third-order valence-electron chi connectivity index (χ3n) is 2.84. The molecule has 0 radical (unpaired) electrons. The van der Waals surface area contributed by atoms with Gasteiger partial charge in [0, 0.05) is 17.7 Å². The Morgan fingerprint density at radius 3 is 2.42 bits per heavy atom. The largest absolute Gasteiger partial charge is 0.542 e. The van der Waals surface area contributed by atoms with E-state index in [1.165, 1.54) is 11.3 Å². The molecule has 0 amide bonds. The zero-order valence-electron chi connectivity index (χ0n) is 12.8. The van der Waals surface area contributed by atoms with Crippen LogP contribution in [0, 0.1) is 0 Å². The summed E-state index contributed by atoms with van der Waals surface area (Å²) in [7, 11) is 0. The van der Waals surface area contributed by atoms with Crippen molar-refractivity contribution in [2.75, 3.05) is 0 Å². The van der Waals surface area contributed by atoms with Gasteiger partial charge in [0.25, 0.3) is 0 Å². The molecule has 3 aromatic heterocycles. The van der Waals surface area contributed by atoms with Gasteiger partial charge in [0.1, 0.15) is 23.7 Å². The number of aryl methyl sites for hydroxylation is 1. The van der Waals surface area contributed by atoms with Gasteiger partial charge in [-0.25, -0.2) is 4.57 Å². The minimum absolute atomic E-state index is 0.112. The lowest BCUT2D eigenvalue weighted by Crippen LogP contribution is -2.37. The molecule has 0 atom stereocenters. The van der Waals surface area contributed by atoms with Gasteiger partial charge in [-0.1, -0.05) is 11.3 Å². The number of carbonyl (C=O) groups is 2. The van der Waals surface area contributed by atoms with Crippen molar-refractivity contribution in [1.29, 1.82) is 0 Å². The molecule has 0 fully saturated rings. The maximum atomic E-state index is 10.5. The highest BCUT2D eigenvalue weighted by Crippen LogP contribution is 2.23. The smallest absolute Gasteiger partial charge is 0.430 e. The molecular formula is C13H10F3N5O4S. The van der Waals surface area contributed by atoms with E-state index in [1.54, 1.807) is 10.8 Å². The van der Waals surface area contributed by atoms with Crippen LogP contribution in [0.15, 0.2) is 30.9 Å². The quantitative estimate of drug-likeness (QED) is 0.619. The van der Waals surface area contributed by atoms with Crippen molar-refractivity contribution in [3.63, 3.8) is 0 Å². The number of aliphatic carboxylic acids is 2. The number of alkyl halides is 3. The van der Waals surface area contributed by atoms with Crippen LogP contribution in [0.1, 0.15) is 6.42 Å². The van der Waals surface area contributed by atoms with Crippen LogP contribution in [0.4, 0.5) is 13.2 Å². The maximum Gasteiger partial charge on any atom is 0.430 e. The predicted molar refractivity (Wildman–Crippen MR) is 77.6 cm³/mol. The van der Waals surface area contributed by atoms with Crippen LogP contribution in [-0.4, -0.2) is 43.0 Å². The number of rotatable bonds is 4. The second kappa shape index (κ2) is 7.86. The van der Waals surface area contributed by atoms with E-state index in [4.69, 9.17) is 15.0 Å². The van der Waals surface area contributed by atoms with E-state index < -0.39 is 18.1 Å². The summed E-state index contributed by atoms with van der Waals surface area (Å²) < 4.78 is 35.0. The fraction of sp³-hybridized carbons (Fsp3) is 0.231. The number of pyridine rings is 1. The van der Waals surface area contributed by atoms with Crippen molar-refractivity contribution in [3.05, 3.63) is 30.9 Å². The first-order valence-electron chi connectivity index (χ1n) is 6.83. The SMILES string of the molecule is O=C(O)CC[n+]1ccc(-c2nn3cnnc3s2)cc1.O=C([O-])C(F)(F)F. The molecule has 3 heterocycles. The Balaban J connectivity index is 0.000000298. The predicted octanol–water partition coefficient (Wildman–Crippen LogP) is -0.0864. The number of hydrogen-bond acceptors (Lipinski definition) is 7. The normalized spacial score (nSPS) is 11.0. The van der Waals surface area contributed by atoms with Gasteiger partial charge >= 0.3 is 12.1 Å². The number of hydrogen-bond donors (Lipinski definition) is 1. The summed E-state index contributed by atoms with van der Waals surface area (Å²) >= 11 is 1.46. The standard InChI is InChI=1S/C11H9N5O2S.C2HF3O2/c17-9(18)3-6-15-4-1-8(2-5-15)10-14-16-7-12-13-11(16)19-10;3-2(4,5)1(6)7/h1-2,4-5,7H,3,6H2;(H,6,7). The summed E-state index contributed by atoms with van der Waals surface area (Å²) in [4.78, 5) is 20.0. The molecule has 0 aliphatic carbocycles. The highest BCUT2D eigenvalue weighted by Gasteiger charge is 2.28. The molecule has 0 aliphatic rings. The van der Waals surface area contributed by atoms with Gasteiger partial charge in [-0.3, -0.25) is 4.79 Å². The summed E-state index contributed by atoms with van der Waals surface area (Å²) in [6.07, 6.45) is 0.174. The first-order chi connectivity index (χ1) is 12.2. The monoisotopic (exact) mass is 389 g/mol. The van der Waals surface area contributed by atoms with Crippen molar-refractivity contribution >= 4 is 28.2 Å². The van der Waals surface area contributed by atoms with Crippen LogP contribution < -0.4 is 9.67 Å². The molecule has 0 saturated heterocycles. The van der Waals surface area contributed by atoms with Gasteiger partial charge in [0.2, 0.25) is 4.96 Å². The van der Waals surface area contributed by atoms with E-state index in [9.17, 15) is 18.0 Å². The Morgan fingerprint density at radius 1 is 1.31 bits per heavy atom. The van der Waals surface area contributed by atoms with Gasteiger partial charge in [-0.05, 0) is 0 Å². The number of carboxylic acids is 2. The number of carbonyl (C=O) groups excluding carboxylic acids is 1. The van der Waals surface area contributed by atoms with Crippen LogP contribution in [-0.2, 0) is 16.1 Å². The van der Waals surface area contributed by atoms with E-state index in [0.29, 0.717) is 6.54 Å². The second-order valence-electron chi connectivity index (χ2n) is 4.72. The zero-order chi connectivity index (χ0) is 19.3. The van der Waals surface area contributed by atoms with E-state index in [-0.39, 0.29) is 6.42 Å². The van der Waals surface area contributed by atoms with Crippen molar-refractivity contribution in [2.24, 2.45) is 0 Å². The molecule has 0 aromatic carbocycles. The molecular weight excluding hydrogens is 379 g/mol. The first kappa shape index (κ1) is 19.2. The number of halogens is 3. The molecule has 3 aromatic rings. The summed E-state index contributed by atoms with van der Waals surface area (Å²) in [5.74, 6) is -3.81. The summed E-state index contributed by atoms with van der Waals surface area (Å²) in [6.45, 7) is 0.459. The van der Waals surface area contributed by atoms with Crippen LogP contribution in [0.25, 0.3) is 15.5 Å². The van der Waals surface area contributed by atoms with Crippen molar-refractivity contribution in [3.8, 4) is 10.6 Å². The average Bonchev–Trinajstić information content (AvgIpc) is 3.14. The van der Waals surface area contributed by atoms with E-state index in [0.717, 1.165) is 15.5 Å². The van der Waals surface area contributed by atoms with Crippen molar-refractivity contribution in [2.45, 2.75) is 19.1 Å². The molecule has 0 unspecified atom stereocenters. The van der Waals surface area contributed by atoms with Crippen LogP contribution in [0.2, 0.25) is 0 Å². The Hall–Kier alpha value is -3.09. The fourth-order valence-corrected chi connectivity index (χ4v) is 2.48. The fourth-order valence-electron chi connectivity index (χ4n) is 1.65. The molecule has 0 bridgehead atoms. The number of carboxylic acid groups (broad SMARTS) is 2. The van der Waals surface area contributed by atoms with E-state index in [1.807, 2.05) is 29.1 Å². The van der Waals surface area contributed by atoms with Crippen LogP contribution in [0.3, 0.4) is 0 Å². The molecule has 3 rings (SSSR count). The average molecular weight is 389 g/mol. The van der Waals surface area contributed by atoms with Crippen LogP contribution >= 0.6 is 11.3 Å². The first-order valence-corrected chi connectivity index (χ1v) is 7.65. The van der Waals surface area contributed by atoms with Gasteiger partial charge in [0.15, 0.2) is 18.9 Å². The second-order valence-corrected chi connectivity index (χ2v) is 5.67. The van der Waals surface area contributed by atoms with E-state index >= 15 is 0 Å². The minimum Gasteiger partial charge on any atom is -0.542 e. The number of fused-ring (bicyclic) bond motifs is 1. The molecule has 0 saturated carbocycles. The summed E-state index contributed by atoms with van der Waals surface area (Å²) in [5.41, 5.74) is 0.974. The minimum atomic E-state index is -5.19. The Labute approximate surface area is 147 Å². The van der Waals surface area contributed by atoms with Gasteiger partial charge in [0.05, 0.1) is 0 Å². The lowest BCUT2D eigenvalue weighted by molar-refractivity contribution is -0.695. The Bertz CT molecular complexity index is 878. The maximum absolute atomic E-state index is 10.5. The van der Waals surface area contributed by atoms with Gasteiger partial charge < -0.3 is 15.0 Å². The van der Waals surface area contributed by atoms with Gasteiger partial charge in [-0.15, -0.1) is 10.2 Å². The molecule has 1 N–H and O–H groups in total. The molecule has 0 spiro atoms. The Kier molecular flexibility index (Phi) is 5.82. The molecule has 26 heavy (non-hydrogen) atoms. The van der Waals surface area contributed by atoms with Crippen molar-refractivity contribution in [1.82, 2.24) is 19.8 Å². The molecule has 138 valence electrons. The zero-order valence-corrected chi connectivity index (χ0v) is 13.6. The van der Waals surface area contributed by atoms with Crippen molar-refractivity contribution < 1.29 is 37.5 Å². The lowest BCUT2D eigenvalue weighted by atomic mass is 10.3. The topological polar surface area (TPSA) is 124 Å². The highest BCUT2D eigenvalue weighted by molar-refractivity contribution is 7.19. The van der Waals surface area contributed by atoms with E-state index in [2.05, 4.69) is 15.3 Å². The number of nitrogens with zero attached hydrogens (tertiary/aromatic N) is 5. The third-order valence-corrected chi connectivity index (χ3v) is 3.80. The molecule has 9 nitrogen and oxygen atoms in total. The van der Waals surface area contributed by atoms with Crippen LogP contribution in [0.5, 0.6) is 0 Å². The molecule has 13 heteroatoms. The number of aromatic nitrogens is 5. The highest BCUT2D eigenvalue weighted by atomic mass is 32.1. The lowest BCUT2D eigenvalue weighted by Gasteiger charge is -2.03. The summed E-state index contributed by atoms with van der Waals surface area (Å²) in [6, 6.07) is 3.82. The Morgan fingerprint density at radius 2 is 1.92 bits per heavy atom. The van der Waals surface area contributed by atoms with Gasteiger partial charge in [-0.2, -0.15) is 22.8 Å². The summed E-state index contributed by atoms with van der Waals surface area (Å²) in [5, 5.41) is 30.3. The third kappa shape index (κ3) is 5.20.